The Hall–Kier alpha value is -1.13. The van der Waals surface area contributed by atoms with Crippen LogP contribution in [0.25, 0.3) is 0 Å². The molecule has 0 bridgehead atoms. The van der Waals surface area contributed by atoms with Gasteiger partial charge in [0.2, 0.25) is 5.12 Å². The first-order valence-electron chi connectivity index (χ1n) is 4.93. The molecule has 1 aromatic rings. The van der Waals surface area contributed by atoms with Crippen LogP contribution in [0, 0.1) is 0 Å². The second kappa shape index (κ2) is 6.57. The fraction of sp³-hybridized carbons (Fsp3) is 0.250. The summed E-state index contributed by atoms with van der Waals surface area (Å²) in [6, 6.07) is 5.34. The SMILES string of the molecule is COc1ccc(N/C=C(\C)C(=O)SC)cc1Cl. The summed E-state index contributed by atoms with van der Waals surface area (Å²) in [5.41, 5.74) is 1.47. The Labute approximate surface area is 110 Å². The van der Waals surface area contributed by atoms with Gasteiger partial charge in [0.05, 0.1) is 12.1 Å². The second-order valence-electron chi connectivity index (χ2n) is 3.31. The Morgan fingerprint density at radius 2 is 2.24 bits per heavy atom. The van der Waals surface area contributed by atoms with Crippen LogP contribution in [0.4, 0.5) is 5.69 Å². The fourth-order valence-electron chi connectivity index (χ4n) is 1.17. The van der Waals surface area contributed by atoms with Crippen LogP contribution >= 0.6 is 23.4 Å². The van der Waals surface area contributed by atoms with Gasteiger partial charge in [-0.3, -0.25) is 4.79 Å². The average Bonchev–Trinajstić information content (AvgIpc) is 2.35. The van der Waals surface area contributed by atoms with E-state index in [1.54, 1.807) is 38.6 Å². The molecule has 0 aliphatic carbocycles. The average molecular weight is 272 g/mol. The molecule has 0 radical (unpaired) electrons. The van der Waals surface area contributed by atoms with Gasteiger partial charge in [-0.15, -0.1) is 0 Å². The van der Waals surface area contributed by atoms with Crippen molar-refractivity contribution in [2.75, 3.05) is 18.7 Å². The molecule has 0 atom stereocenters. The van der Waals surface area contributed by atoms with Gasteiger partial charge in [0.1, 0.15) is 5.75 Å². The van der Waals surface area contributed by atoms with Crippen molar-refractivity contribution >= 4 is 34.2 Å². The third-order valence-electron chi connectivity index (χ3n) is 2.11. The molecule has 3 nitrogen and oxygen atoms in total. The molecule has 17 heavy (non-hydrogen) atoms. The highest BCUT2D eigenvalue weighted by molar-refractivity contribution is 8.13. The third kappa shape index (κ3) is 3.98. The van der Waals surface area contributed by atoms with Crippen molar-refractivity contribution in [1.82, 2.24) is 0 Å². The van der Waals surface area contributed by atoms with Gasteiger partial charge in [0.25, 0.3) is 0 Å². The van der Waals surface area contributed by atoms with E-state index < -0.39 is 0 Å². The maximum atomic E-state index is 11.3. The summed E-state index contributed by atoms with van der Waals surface area (Å²) >= 11 is 7.16. The van der Waals surface area contributed by atoms with Crippen LogP contribution in [-0.2, 0) is 4.79 Å². The lowest BCUT2D eigenvalue weighted by Crippen LogP contribution is -1.97. The number of nitrogens with one attached hydrogen (secondary N) is 1. The molecule has 1 aromatic carbocycles. The molecular weight excluding hydrogens is 258 g/mol. The molecule has 0 aliphatic rings. The van der Waals surface area contributed by atoms with Gasteiger partial charge in [-0.2, -0.15) is 0 Å². The minimum atomic E-state index is 0.0390. The summed E-state index contributed by atoms with van der Waals surface area (Å²) < 4.78 is 5.05. The van der Waals surface area contributed by atoms with E-state index in [1.807, 2.05) is 6.07 Å². The summed E-state index contributed by atoms with van der Waals surface area (Å²) in [5, 5.41) is 3.58. The van der Waals surface area contributed by atoms with Gasteiger partial charge in [0, 0.05) is 17.5 Å². The van der Waals surface area contributed by atoms with Gasteiger partial charge in [-0.25, -0.2) is 0 Å². The summed E-state index contributed by atoms with van der Waals surface area (Å²) in [6.45, 7) is 1.76. The normalized spacial score (nSPS) is 11.2. The first kappa shape index (κ1) is 13.9. The van der Waals surface area contributed by atoms with Gasteiger partial charge in [0.15, 0.2) is 0 Å². The van der Waals surface area contributed by atoms with Crippen molar-refractivity contribution in [1.29, 1.82) is 0 Å². The fourth-order valence-corrected chi connectivity index (χ4v) is 1.81. The molecule has 1 N–H and O–H groups in total. The van der Waals surface area contributed by atoms with E-state index in [-0.39, 0.29) is 5.12 Å². The topological polar surface area (TPSA) is 38.3 Å². The summed E-state index contributed by atoms with van der Waals surface area (Å²) in [6.07, 6.45) is 3.42. The number of rotatable bonds is 4. The molecule has 0 amide bonds. The Morgan fingerprint density at radius 3 is 2.76 bits per heavy atom. The predicted molar refractivity (Wildman–Crippen MR) is 73.9 cm³/mol. The highest BCUT2D eigenvalue weighted by Gasteiger charge is 2.03. The second-order valence-corrected chi connectivity index (χ2v) is 4.50. The van der Waals surface area contributed by atoms with E-state index >= 15 is 0 Å². The third-order valence-corrected chi connectivity index (χ3v) is 3.10. The number of hydrogen-bond donors (Lipinski definition) is 1. The number of anilines is 1. The van der Waals surface area contributed by atoms with Crippen molar-refractivity contribution in [2.24, 2.45) is 0 Å². The van der Waals surface area contributed by atoms with Gasteiger partial charge in [-0.1, -0.05) is 23.4 Å². The number of hydrogen-bond acceptors (Lipinski definition) is 4. The van der Waals surface area contributed by atoms with Crippen molar-refractivity contribution in [3.05, 3.63) is 35.0 Å². The Kier molecular flexibility index (Phi) is 5.38. The maximum Gasteiger partial charge on any atom is 0.216 e. The minimum Gasteiger partial charge on any atom is -0.495 e. The maximum absolute atomic E-state index is 11.3. The number of carbonyl (C=O) groups is 1. The first-order chi connectivity index (χ1) is 8.08. The van der Waals surface area contributed by atoms with Crippen molar-refractivity contribution in [3.8, 4) is 5.75 Å². The van der Waals surface area contributed by atoms with Crippen LogP contribution in [0.15, 0.2) is 30.0 Å². The highest BCUT2D eigenvalue weighted by Crippen LogP contribution is 2.27. The van der Waals surface area contributed by atoms with Gasteiger partial charge < -0.3 is 10.1 Å². The van der Waals surface area contributed by atoms with E-state index in [2.05, 4.69) is 5.32 Å². The van der Waals surface area contributed by atoms with Crippen LogP contribution in [-0.4, -0.2) is 18.5 Å². The van der Waals surface area contributed by atoms with E-state index in [0.717, 1.165) is 5.69 Å². The molecular formula is C12H14ClNO2S. The van der Waals surface area contributed by atoms with Crippen LogP contribution < -0.4 is 10.1 Å². The summed E-state index contributed by atoms with van der Waals surface area (Å²) in [5.74, 6) is 0.623. The zero-order chi connectivity index (χ0) is 12.8. The quantitative estimate of drug-likeness (QED) is 0.850. The lowest BCUT2D eigenvalue weighted by atomic mass is 10.3. The van der Waals surface area contributed by atoms with Gasteiger partial charge >= 0.3 is 0 Å². The zero-order valence-corrected chi connectivity index (χ0v) is 11.5. The van der Waals surface area contributed by atoms with Gasteiger partial charge in [-0.05, 0) is 31.4 Å². The summed E-state index contributed by atoms with van der Waals surface area (Å²) in [4.78, 5) is 11.3. The van der Waals surface area contributed by atoms with Crippen LogP contribution in [0.2, 0.25) is 5.02 Å². The Bertz CT molecular complexity index is 446. The minimum absolute atomic E-state index is 0.0390. The zero-order valence-electron chi connectivity index (χ0n) is 9.91. The summed E-state index contributed by atoms with van der Waals surface area (Å²) in [7, 11) is 1.56. The van der Waals surface area contributed by atoms with Crippen molar-refractivity contribution in [3.63, 3.8) is 0 Å². The van der Waals surface area contributed by atoms with E-state index in [9.17, 15) is 4.79 Å². The van der Waals surface area contributed by atoms with Crippen LogP contribution in [0.5, 0.6) is 5.75 Å². The van der Waals surface area contributed by atoms with Crippen LogP contribution in [0.1, 0.15) is 6.92 Å². The first-order valence-corrected chi connectivity index (χ1v) is 6.54. The monoisotopic (exact) mass is 271 g/mol. The molecule has 1 rings (SSSR count). The Morgan fingerprint density at radius 1 is 1.53 bits per heavy atom. The largest absolute Gasteiger partial charge is 0.495 e. The number of ether oxygens (including phenoxy) is 1. The molecule has 0 aliphatic heterocycles. The standard InChI is InChI=1S/C12H14ClNO2S/c1-8(12(15)17-3)7-14-9-4-5-11(16-2)10(13)6-9/h4-7,14H,1-3H3/b8-7+. The predicted octanol–water partition coefficient (Wildman–Crippen LogP) is 3.55. The van der Waals surface area contributed by atoms with Crippen molar-refractivity contribution in [2.45, 2.75) is 6.92 Å². The molecule has 0 saturated carbocycles. The Balaban J connectivity index is 2.76. The highest BCUT2D eigenvalue weighted by atomic mass is 35.5. The molecule has 92 valence electrons. The lowest BCUT2D eigenvalue weighted by molar-refractivity contribution is -0.107. The smallest absolute Gasteiger partial charge is 0.216 e. The number of thioether (sulfide) groups is 1. The van der Waals surface area contributed by atoms with E-state index in [1.165, 1.54) is 11.8 Å². The van der Waals surface area contributed by atoms with E-state index in [4.69, 9.17) is 16.3 Å². The lowest BCUT2D eigenvalue weighted by Gasteiger charge is -2.06. The molecule has 0 heterocycles. The molecule has 0 fully saturated rings. The number of carbonyl (C=O) groups excluding carboxylic acids is 1. The molecule has 5 heteroatoms. The molecule has 0 aromatic heterocycles. The molecule has 0 spiro atoms. The number of halogens is 1. The van der Waals surface area contributed by atoms with Crippen molar-refractivity contribution < 1.29 is 9.53 Å². The van der Waals surface area contributed by atoms with E-state index in [0.29, 0.717) is 16.3 Å². The number of methoxy groups -OCH3 is 1. The van der Waals surface area contributed by atoms with Crippen LogP contribution in [0.3, 0.4) is 0 Å². The number of benzene rings is 1. The molecule has 0 saturated heterocycles. The molecule has 0 unspecified atom stereocenters.